The van der Waals surface area contributed by atoms with Crippen LogP contribution in [0.5, 0.6) is 0 Å². The molecule has 3 N–H and O–H groups in total. The van der Waals surface area contributed by atoms with E-state index in [1.54, 1.807) is 0 Å². The second kappa shape index (κ2) is 9.93. The topological polar surface area (TPSA) is 93.1 Å². The van der Waals surface area contributed by atoms with Gasteiger partial charge in [-0.2, -0.15) is 0 Å². The lowest BCUT2D eigenvalue weighted by molar-refractivity contribution is -0.145. The predicted molar refractivity (Wildman–Crippen MR) is 128 cm³/mol. The molecule has 0 spiro atoms. The molecule has 0 amide bonds. The summed E-state index contributed by atoms with van der Waals surface area (Å²) in [6.07, 6.45) is 1.30. The smallest absolute Gasteiger partial charge is 0.307 e. The number of nitrogens with zero attached hydrogens (tertiary/aromatic N) is 2. The largest absolute Gasteiger partial charge is 0.481 e. The van der Waals surface area contributed by atoms with E-state index in [4.69, 9.17) is 0 Å². The zero-order chi connectivity index (χ0) is 23.5. The molecule has 2 fully saturated rings. The fourth-order valence-corrected chi connectivity index (χ4v) is 5.36. The third-order valence-electron chi connectivity index (χ3n) is 7.18. The van der Waals surface area contributed by atoms with E-state index >= 15 is 0 Å². The van der Waals surface area contributed by atoms with Crippen molar-refractivity contribution in [1.82, 2.24) is 9.80 Å². The lowest BCUT2D eigenvalue weighted by Crippen LogP contribution is -2.39. The number of aliphatic carboxylic acids is 2. The van der Waals surface area contributed by atoms with Crippen molar-refractivity contribution in [2.24, 2.45) is 11.8 Å². The van der Waals surface area contributed by atoms with Crippen LogP contribution in [0.1, 0.15) is 35.8 Å². The molecule has 176 valence electrons. The second-order valence-electron chi connectivity index (χ2n) is 9.58. The average molecular weight is 452 g/mol. The van der Waals surface area contributed by atoms with Crippen molar-refractivity contribution in [3.05, 3.63) is 59.7 Å². The van der Waals surface area contributed by atoms with E-state index in [-0.39, 0.29) is 23.7 Å². The van der Waals surface area contributed by atoms with Gasteiger partial charge in [0.25, 0.3) is 0 Å². The third kappa shape index (κ3) is 5.37. The highest BCUT2D eigenvalue weighted by atomic mass is 16.4. The molecule has 0 radical (unpaired) electrons. The summed E-state index contributed by atoms with van der Waals surface area (Å²) in [6, 6.07) is 16.0. The van der Waals surface area contributed by atoms with Gasteiger partial charge in [0, 0.05) is 36.3 Å². The number of carboxylic acid groups (broad SMARTS) is 2. The van der Waals surface area contributed by atoms with Crippen LogP contribution in [-0.2, 0) is 9.59 Å². The first-order valence-corrected chi connectivity index (χ1v) is 11.6. The van der Waals surface area contributed by atoms with Crippen molar-refractivity contribution in [3.8, 4) is 0 Å². The van der Waals surface area contributed by atoms with Crippen LogP contribution in [0.15, 0.2) is 48.5 Å². The highest BCUT2D eigenvalue weighted by molar-refractivity contribution is 5.73. The Balaban J connectivity index is 1.55. The number of rotatable bonds is 6. The summed E-state index contributed by atoms with van der Waals surface area (Å²) in [5.74, 6) is -2.33. The summed E-state index contributed by atoms with van der Waals surface area (Å²) in [7, 11) is 4.07. The zero-order valence-electron chi connectivity index (χ0n) is 19.3. The van der Waals surface area contributed by atoms with Gasteiger partial charge in [-0.25, -0.2) is 0 Å². The fourth-order valence-electron chi connectivity index (χ4n) is 5.36. The summed E-state index contributed by atoms with van der Waals surface area (Å²) in [5, 5.41) is 22.9. The van der Waals surface area contributed by atoms with Crippen molar-refractivity contribution < 1.29 is 19.8 Å². The summed E-state index contributed by atoms with van der Waals surface area (Å²) in [6.45, 7) is 3.04. The van der Waals surface area contributed by atoms with Gasteiger partial charge < -0.3 is 25.3 Å². The average Bonchev–Trinajstić information content (AvgIpc) is 2.79. The number of piperidine rings is 2. The minimum atomic E-state index is -0.732. The quantitative estimate of drug-likeness (QED) is 0.617. The first-order valence-electron chi connectivity index (χ1n) is 11.6. The van der Waals surface area contributed by atoms with Gasteiger partial charge in [0.1, 0.15) is 0 Å². The molecule has 4 rings (SSSR count). The number of likely N-dealkylation sites (N-methyl/N-ethyl adjacent to an activating group) is 2. The van der Waals surface area contributed by atoms with Crippen LogP contribution in [0.2, 0.25) is 0 Å². The minimum absolute atomic E-state index is 0.0524. The Labute approximate surface area is 195 Å². The van der Waals surface area contributed by atoms with E-state index in [0.717, 1.165) is 48.7 Å². The van der Waals surface area contributed by atoms with Gasteiger partial charge in [0.05, 0.1) is 11.8 Å². The summed E-state index contributed by atoms with van der Waals surface area (Å²) in [5.41, 5.74) is 3.85. The molecule has 2 aliphatic rings. The van der Waals surface area contributed by atoms with E-state index in [1.807, 2.05) is 62.6 Å². The number of hydrogen-bond acceptors (Lipinski definition) is 5. The van der Waals surface area contributed by atoms with Crippen LogP contribution in [-0.4, -0.2) is 72.2 Å². The van der Waals surface area contributed by atoms with Gasteiger partial charge in [0.2, 0.25) is 0 Å². The van der Waals surface area contributed by atoms with Crippen molar-refractivity contribution in [3.63, 3.8) is 0 Å². The Morgan fingerprint density at radius 1 is 0.788 bits per heavy atom. The van der Waals surface area contributed by atoms with E-state index in [1.165, 1.54) is 0 Å². The Hall–Kier alpha value is -2.90. The van der Waals surface area contributed by atoms with Crippen LogP contribution >= 0.6 is 0 Å². The SMILES string of the molecule is CN1CC[C@@H](C(=O)O)[C@H](c2cccc(Nc3cccc([C@@H]4CN(C)CC[C@H]4C(=O)O)c3)c2)C1. The molecule has 0 unspecified atom stereocenters. The van der Waals surface area contributed by atoms with Gasteiger partial charge in [0.15, 0.2) is 0 Å². The molecule has 2 aromatic rings. The van der Waals surface area contributed by atoms with Gasteiger partial charge in [-0.1, -0.05) is 24.3 Å². The Bertz CT molecular complexity index is 931. The standard InChI is InChI=1S/C26H33N3O4/c1-28-11-9-21(25(30)31)23(15-28)17-5-3-7-19(13-17)27-20-8-4-6-18(14-20)24-16-29(2)12-10-22(24)26(32)33/h3-8,13-14,21-24,27H,9-12,15-16H2,1-2H3,(H,30,31)(H,32,33)/t21-,22-,23+,24+/m1/s1. The van der Waals surface area contributed by atoms with Crippen molar-refractivity contribution in [2.45, 2.75) is 24.7 Å². The Morgan fingerprint density at radius 3 is 1.61 bits per heavy atom. The normalized spacial score (nSPS) is 26.6. The highest BCUT2D eigenvalue weighted by Gasteiger charge is 2.35. The zero-order valence-corrected chi connectivity index (χ0v) is 19.3. The maximum absolute atomic E-state index is 11.8. The molecule has 7 heteroatoms. The van der Waals surface area contributed by atoms with Crippen LogP contribution in [0.4, 0.5) is 11.4 Å². The molecule has 4 atom stereocenters. The minimum Gasteiger partial charge on any atom is -0.481 e. The van der Waals surface area contributed by atoms with Crippen molar-refractivity contribution in [2.75, 3.05) is 45.6 Å². The molecular formula is C26H33N3O4. The summed E-state index contributed by atoms with van der Waals surface area (Å²) < 4.78 is 0. The number of nitrogens with one attached hydrogen (secondary N) is 1. The van der Waals surface area contributed by atoms with Crippen LogP contribution in [0, 0.1) is 11.8 Å². The van der Waals surface area contributed by atoms with E-state index in [0.29, 0.717) is 12.8 Å². The molecular weight excluding hydrogens is 418 g/mol. The molecule has 0 saturated carbocycles. The third-order valence-corrected chi connectivity index (χ3v) is 7.18. The van der Waals surface area contributed by atoms with E-state index < -0.39 is 11.9 Å². The second-order valence-corrected chi connectivity index (χ2v) is 9.58. The van der Waals surface area contributed by atoms with Crippen molar-refractivity contribution >= 4 is 23.3 Å². The van der Waals surface area contributed by atoms with Crippen LogP contribution < -0.4 is 5.32 Å². The molecule has 2 heterocycles. The number of anilines is 2. The van der Waals surface area contributed by atoms with Gasteiger partial charge in [-0.3, -0.25) is 9.59 Å². The molecule has 7 nitrogen and oxygen atoms in total. The number of hydrogen-bond donors (Lipinski definition) is 3. The van der Waals surface area contributed by atoms with Gasteiger partial charge in [-0.15, -0.1) is 0 Å². The monoisotopic (exact) mass is 451 g/mol. The first kappa shape index (κ1) is 23.3. The maximum atomic E-state index is 11.8. The molecule has 0 bridgehead atoms. The molecule has 33 heavy (non-hydrogen) atoms. The molecule has 2 aromatic carbocycles. The predicted octanol–water partition coefficient (Wildman–Crippen LogP) is 3.67. The number of likely N-dealkylation sites (tertiary alicyclic amines) is 2. The first-order chi connectivity index (χ1) is 15.8. The van der Waals surface area contributed by atoms with Crippen molar-refractivity contribution in [1.29, 1.82) is 0 Å². The number of carbonyl (C=O) groups is 2. The van der Waals surface area contributed by atoms with Crippen LogP contribution in [0.25, 0.3) is 0 Å². The number of benzene rings is 2. The Morgan fingerprint density at radius 2 is 1.21 bits per heavy atom. The maximum Gasteiger partial charge on any atom is 0.307 e. The lowest BCUT2D eigenvalue weighted by atomic mass is 9.80. The molecule has 2 saturated heterocycles. The number of carboxylic acids is 2. The lowest BCUT2D eigenvalue weighted by Gasteiger charge is -2.35. The summed E-state index contributed by atoms with van der Waals surface area (Å²) in [4.78, 5) is 28.0. The Kier molecular flexibility index (Phi) is 7.00. The molecule has 0 aromatic heterocycles. The fraction of sp³-hybridized carbons (Fsp3) is 0.462. The summed E-state index contributed by atoms with van der Waals surface area (Å²) >= 11 is 0. The van der Waals surface area contributed by atoms with E-state index in [9.17, 15) is 19.8 Å². The highest BCUT2D eigenvalue weighted by Crippen LogP contribution is 2.36. The van der Waals surface area contributed by atoms with E-state index in [2.05, 4.69) is 15.1 Å². The van der Waals surface area contributed by atoms with Gasteiger partial charge >= 0.3 is 11.9 Å². The van der Waals surface area contributed by atoms with Crippen LogP contribution in [0.3, 0.4) is 0 Å². The van der Waals surface area contributed by atoms with Gasteiger partial charge in [-0.05, 0) is 75.4 Å². The molecule has 0 aliphatic carbocycles. The molecule has 2 aliphatic heterocycles.